The predicted octanol–water partition coefficient (Wildman–Crippen LogP) is -0.618. The van der Waals surface area contributed by atoms with Gasteiger partial charge in [-0.1, -0.05) is 13.3 Å². The Labute approximate surface area is 74.4 Å². The van der Waals surface area contributed by atoms with Gasteiger partial charge in [-0.05, 0) is 0 Å². The van der Waals surface area contributed by atoms with E-state index in [1.54, 1.807) is 6.92 Å². The van der Waals surface area contributed by atoms with Gasteiger partial charge in [0.05, 0.1) is 0 Å². The third-order valence-electron chi connectivity index (χ3n) is 1.80. The maximum Gasteiger partial charge on any atom is 0.407 e. The molecule has 0 radical (unpaired) electrons. The third kappa shape index (κ3) is 1.11. The van der Waals surface area contributed by atoms with Crippen LogP contribution in [-0.4, -0.2) is 25.3 Å². The van der Waals surface area contributed by atoms with E-state index in [4.69, 9.17) is 0 Å². The zero-order chi connectivity index (χ0) is 9.74. The lowest BCUT2D eigenvalue weighted by molar-refractivity contribution is -0.673. The van der Waals surface area contributed by atoms with Crippen LogP contribution in [0.2, 0.25) is 0 Å². The average Bonchev–Trinajstić information content (AvgIpc) is 2.11. The van der Waals surface area contributed by atoms with Gasteiger partial charge in [-0.15, -0.1) is 0 Å². The summed E-state index contributed by atoms with van der Waals surface area (Å²) in [5, 5.41) is 9.39. The van der Waals surface area contributed by atoms with Crippen LogP contribution < -0.4 is 0 Å². The molecule has 0 aromatic carbocycles. The largest absolute Gasteiger partial charge is 0.407 e. The van der Waals surface area contributed by atoms with Crippen molar-refractivity contribution in [3.63, 3.8) is 0 Å². The van der Waals surface area contributed by atoms with Crippen molar-refractivity contribution in [2.75, 3.05) is 0 Å². The summed E-state index contributed by atoms with van der Waals surface area (Å²) in [7, 11) is -4.22. The van der Waals surface area contributed by atoms with E-state index in [2.05, 4.69) is 18.1 Å². The quantitative estimate of drug-likeness (QED) is 0.610. The highest BCUT2D eigenvalue weighted by molar-refractivity contribution is 7.82. The Hall–Kier alpha value is -0.250. The smallest absolute Gasteiger partial charge is 0.336 e. The van der Waals surface area contributed by atoms with Gasteiger partial charge in [0.15, 0.2) is 0 Å². The molecule has 2 aliphatic rings. The molecule has 0 aliphatic carbocycles. The van der Waals surface area contributed by atoms with Gasteiger partial charge in [0.2, 0.25) is 0 Å². The van der Waals surface area contributed by atoms with Gasteiger partial charge in [-0.3, -0.25) is 0 Å². The van der Waals surface area contributed by atoms with E-state index < -0.39 is 22.2 Å². The Morgan fingerprint density at radius 1 is 1.31 bits per heavy atom. The van der Waals surface area contributed by atoms with Crippen LogP contribution in [0.3, 0.4) is 0 Å². The first-order chi connectivity index (χ1) is 5.93. The van der Waals surface area contributed by atoms with Crippen LogP contribution in [0.4, 0.5) is 0 Å². The normalized spacial score (nSPS) is 46.9. The van der Waals surface area contributed by atoms with Crippen molar-refractivity contribution in [2.45, 2.75) is 31.5 Å². The molecule has 0 saturated carbocycles. The molecule has 7 nitrogen and oxygen atoms in total. The summed E-state index contributed by atoms with van der Waals surface area (Å²) in [6, 6.07) is 0. The SMILES string of the molecule is CCCC12OOC1(O)OS(=O)(=O)O2. The number of fused-ring (bicyclic) bond motifs is 1. The van der Waals surface area contributed by atoms with Gasteiger partial charge in [-0.2, -0.15) is 22.4 Å². The minimum absolute atomic E-state index is 0.155. The zero-order valence-corrected chi connectivity index (χ0v) is 7.54. The Balaban J connectivity index is 2.31. The average molecular weight is 212 g/mol. The molecule has 2 heterocycles. The van der Waals surface area contributed by atoms with Gasteiger partial charge in [0, 0.05) is 6.42 Å². The summed E-state index contributed by atoms with van der Waals surface area (Å²) >= 11 is 0. The predicted molar refractivity (Wildman–Crippen MR) is 35.8 cm³/mol. The molecule has 0 spiro atoms. The Kier molecular flexibility index (Phi) is 1.72. The van der Waals surface area contributed by atoms with E-state index in [0.717, 1.165) is 0 Å². The molecule has 2 fully saturated rings. The number of aliphatic hydroxyl groups is 1. The molecule has 8 heteroatoms. The first-order valence-corrected chi connectivity index (χ1v) is 5.02. The first kappa shape index (κ1) is 9.31. The van der Waals surface area contributed by atoms with Crippen LogP contribution in [0, 0.1) is 0 Å². The van der Waals surface area contributed by atoms with Gasteiger partial charge in [-0.25, -0.2) is 4.18 Å². The molecule has 0 aromatic rings. The summed E-state index contributed by atoms with van der Waals surface area (Å²) in [5.41, 5.74) is 0. The second kappa shape index (κ2) is 2.41. The molecule has 2 saturated heterocycles. The van der Waals surface area contributed by atoms with Crippen molar-refractivity contribution in [2.24, 2.45) is 0 Å². The highest BCUT2D eigenvalue weighted by Gasteiger charge is 2.76. The molecule has 2 atom stereocenters. The molecule has 0 aromatic heterocycles. The fourth-order valence-electron chi connectivity index (χ4n) is 1.24. The van der Waals surface area contributed by atoms with E-state index >= 15 is 0 Å². The van der Waals surface area contributed by atoms with Crippen molar-refractivity contribution < 1.29 is 31.7 Å². The topological polar surface area (TPSA) is 91.3 Å². The number of hydrogen-bond donors (Lipinski definition) is 1. The molecule has 2 aliphatic heterocycles. The van der Waals surface area contributed by atoms with E-state index in [9.17, 15) is 13.5 Å². The molecule has 76 valence electrons. The highest BCUT2D eigenvalue weighted by Crippen LogP contribution is 2.51. The second-order valence-electron chi connectivity index (χ2n) is 2.83. The lowest BCUT2D eigenvalue weighted by Crippen LogP contribution is -2.65. The maximum absolute atomic E-state index is 10.8. The fraction of sp³-hybridized carbons (Fsp3) is 1.00. The Morgan fingerprint density at radius 3 is 2.38 bits per heavy atom. The summed E-state index contributed by atoms with van der Waals surface area (Å²) in [6.45, 7) is 1.77. The monoisotopic (exact) mass is 212 g/mol. The standard InChI is InChI=1S/C5H8O7S/c1-2-3-4-5(6,10-9-4)12-13(7,8)11-4/h6H,2-3H2,1H3. The van der Waals surface area contributed by atoms with Crippen LogP contribution in [0.25, 0.3) is 0 Å². The number of rotatable bonds is 2. The Morgan fingerprint density at radius 2 is 2.00 bits per heavy atom. The van der Waals surface area contributed by atoms with Gasteiger partial charge in [0.1, 0.15) is 0 Å². The minimum atomic E-state index is -4.22. The molecule has 1 N–H and O–H groups in total. The van der Waals surface area contributed by atoms with E-state index in [1.807, 2.05) is 0 Å². The van der Waals surface area contributed by atoms with Crippen molar-refractivity contribution in [3.05, 3.63) is 0 Å². The molecule has 2 rings (SSSR count). The lowest BCUT2D eigenvalue weighted by atomic mass is 10.1. The van der Waals surface area contributed by atoms with Crippen LogP contribution in [0.15, 0.2) is 0 Å². The van der Waals surface area contributed by atoms with Crippen LogP contribution in [0.5, 0.6) is 0 Å². The number of hydrogen-bond acceptors (Lipinski definition) is 7. The van der Waals surface area contributed by atoms with Crippen molar-refractivity contribution in [3.8, 4) is 0 Å². The third-order valence-corrected chi connectivity index (χ3v) is 2.70. The van der Waals surface area contributed by atoms with Gasteiger partial charge < -0.3 is 5.11 Å². The van der Waals surface area contributed by atoms with Gasteiger partial charge >= 0.3 is 22.2 Å². The van der Waals surface area contributed by atoms with E-state index in [0.29, 0.717) is 6.42 Å². The molecular formula is C5H8O7S. The lowest BCUT2D eigenvalue weighted by Gasteiger charge is -2.41. The molecule has 0 amide bonds. The summed E-state index contributed by atoms with van der Waals surface area (Å²) < 4.78 is 30.2. The fourth-order valence-corrected chi connectivity index (χ4v) is 2.25. The zero-order valence-electron chi connectivity index (χ0n) is 6.72. The summed E-state index contributed by atoms with van der Waals surface area (Å²) in [5.74, 6) is -4.04. The summed E-state index contributed by atoms with van der Waals surface area (Å²) in [6.07, 6.45) is 0.702. The van der Waals surface area contributed by atoms with Crippen molar-refractivity contribution >= 4 is 10.4 Å². The summed E-state index contributed by atoms with van der Waals surface area (Å²) in [4.78, 5) is 8.61. The molecular weight excluding hydrogens is 204 g/mol. The van der Waals surface area contributed by atoms with E-state index in [-0.39, 0.29) is 6.42 Å². The minimum Gasteiger partial charge on any atom is -0.336 e. The molecule has 13 heavy (non-hydrogen) atoms. The van der Waals surface area contributed by atoms with Crippen molar-refractivity contribution in [1.82, 2.24) is 0 Å². The van der Waals surface area contributed by atoms with Gasteiger partial charge in [0.25, 0.3) is 0 Å². The van der Waals surface area contributed by atoms with Crippen LogP contribution in [-0.2, 0) is 28.5 Å². The highest BCUT2D eigenvalue weighted by atomic mass is 32.3. The molecule has 2 unspecified atom stereocenters. The maximum atomic E-state index is 10.8. The second-order valence-corrected chi connectivity index (χ2v) is 3.98. The van der Waals surface area contributed by atoms with E-state index in [1.165, 1.54) is 0 Å². The Bertz CT molecular complexity index is 324. The molecule has 0 bridgehead atoms. The van der Waals surface area contributed by atoms with Crippen LogP contribution in [0.1, 0.15) is 19.8 Å². The first-order valence-electron chi connectivity index (χ1n) is 3.68. The van der Waals surface area contributed by atoms with Crippen LogP contribution >= 0.6 is 0 Å². The van der Waals surface area contributed by atoms with Crippen molar-refractivity contribution in [1.29, 1.82) is 0 Å².